The SMILES string of the molecule is N=C(N)c1csc(CNC(=O)[C@@H]2CC3(CN2C(=O)CNC(=O)c2ccc(-c4ccc(F)c(F)c4)cc2)OCCO3)c1. The summed E-state index contributed by atoms with van der Waals surface area (Å²) in [6.07, 6.45) is 0.146. The first-order valence-corrected chi connectivity index (χ1v) is 13.6. The molecule has 0 aliphatic carbocycles. The van der Waals surface area contributed by atoms with Gasteiger partial charge in [0.05, 0.1) is 32.8 Å². The molecule has 0 saturated carbocycles. The van der Waals surface area contributed by atoms with Crippen LogP contribution in [0, 0.1) is 17.0 Å². The maximum atomic E-state index is 13.6. The van der Waals surface area contributed by atoms with Crippen molar-refractivity contribution in [1.82, 2.24) is 15.5 Å². The first-order chi connectivity index (χ1) is 19.6. The van der Waals surface area contributed by atoms with Crippen LogP contribution in [0.25, 0.3) is 11.1 Å². The molecule has 3 aromatic rings. The van der Waals surface area contributed by atoms with E-state index in [2.05, 4.69) is 10.6 Å². The Balaban J connectivity index is 1.21. The number of likely N-dealkylation sites (tertiary alicyclic amines) is 1. The van der Waals surface area contributed by atoms with Crippen LogP contribution in [0.15, 0.2) is 53.9 Å². The van der Waals surface area contributed by atoms with Gasteiger partial charge < -0.3 is 30.7 Å². The average molecular weight is 584 g/mol. The van der Waals surface area contributed by atoms with Crippen molar-refractivity contribution in [3.8, 4) is 11.1 Å². The zero-order valence-electron chi connectivity index (χ0n) is 21.7. The lowest BCUT2D eigenvalue weighted by Gasteiger charge is -2.24. The maximum absolute atomic E-state index is 13.6. The summed E-state index contributed by atoms with van der Waals surface area (Å²) in [6, 6.07) is 10.6. The van der Waals surface area contributed by atoms with Gasteiger partial charge in [-0.3, -0.25) is 19.8 Å². The van der Waals surface area contributed by atoms with Crippen LogP contribution < -0.4 is 16.4 Å². The van der Waals surface area contributed by atoms with E-state index in [1.165, 1.54) is 34.4 Å². The van der Waals surface area contributed by atoms with Gasteiger partial charge in [-0.1, -0.05) is 18.2 Å². The Morgan fingerprint density at radius 1 is 1.00 bits per heavy atom. The van der Waals surface area contributed by atoms with Gasteiger partial charge in [-0.25, -0.2) is 8.78 Å². The minimum Gasteiger partial charge on any atom is -0.384 e. The number of carbonyl (C=O) groups is 3. The Morgan fingerprint density at radius 3 is 2.37 bits per heavy atom. The highest BCUT2D eigenvalue weighted by molar-refractivity contribution is 7.10. The maximum Gasteiger partial charge on any atom is 0.251 e. The molecule has 3 amide bonds. The van der Waals surface area contributed by atoms with Gasteiger partial charge in [-0.05, 0) is 41.5 Å². The van der Waals surface area contributed by atoms with E-state index >= 15 is 0 Å². The number of rotatable bonds is 8. The molecule has 3 heterocycles. The van der Waals surface area contributed by atoms with Gasteiger partial charge in [0, 0.05) is 27.8 Å². The van der Waals surface area contributed by atoms with E-state index in [9.17, 15) is 23.2 Å². The summed E-state index contributed by atoms with van der Waals surface area (Å²) in [5, 5.41) is 14.6. The molecule has 214 valence electrons. The highest BCUT2D eigenvalue weighted by Gasteiger charge is 2.52. The van der Waals surface area contributed by atoms with E-state index in [0.717, 1.165) is 17.0 Å². The third kappa shape index (κ3) is 6.26. The van der Waals surface area contributed by atoms with Crippen LogP contribution in [0.5, 0.6) is 0 Å². The molecule has 13 heteroatoms. The van der Waals surface area contributed by atoms with E-state index < -0.39 is 41.2 Å². The Morgan fingerprint density at radius 2 is 1.71 bits per heavy atom. The number of amidine groups is 1. The van der Waals surface area contributed by atoms with Gasteiger partial charge in [-0.15, -0.1) is 11.3 Å². The molecule has 1 atom stereocenters. The highest BCUT2D eigenvalue weighted by Crippen LogP contribution is 2.35. The molecular formula is C28H27F2N5O5S. The topological polar surface area (TPSA) is 147 Å². The van der Waals surface area contributed by atoms with Crippen LogP contribution in [-0.2, 0) is 25.6 Å². The molecule has 2 fully saturated rings. The summed E-state index contributed by atoms with van der Waals surface area (Å²) < 4.78 is 38.3. The molecule has 41 heavy (non-hydrogen) atoms. The standard InChI is InChI=1S/C28H27F2N5O5S/c29-21-6-5-18(10-22(21)30)16-1-3-17(4-2-16)26(37)34-13-24(36)35-15-28(39-7-8-40-28)11-23(35)27(38)33-12-20-9-19(14-41-20)25(31)32/h1-6,9-10,14,23H,7-8,11-13,15H2,(H3,31,32)(H,33,38)(H,34,37)/t23-/m0/s1. The molecule has 5 rings (SSSR count). The number of nitrogens with zero attached hydrogens (tertiary/aromatic N) is 1. The van der Waals surface area contributed by atoms with Gasteiger partial charge in [-0.2, -0.15) is 0 Å². The van der Waals surface area contributed by atoms with Crippen LogP contribution in [0.1, 0.15) is 27.2 Å². The molecule has 0 unspecified atom stereocenters. The average Bonchev–Trinajstić information content (AvgIpc) is 3.72. The molecule has 10 nitrogen and oxygen atoms in total. The van der Waals surface area contributed by atoms with Crippen LogP contribution in [0.4, 0.5) is 8.78 Å². The minimum absolute atomic E-state index is 0.0379. The highest BCUT2D eigenvalue weighted by atomic mass is 32.1. The Hall–Kier alpha value is -4.20. The number of benzene rings is 2. The minimum atomic E-state index is -1.08. The second-order valence-corrected chi connectivity index (χ2v) is 10.7. The molecular weight excluding hydrogens is 556 g/mol. The normalized spacial score (nSPS) is 17.5. The van der Waals surface area contributed by atoms with E-state index in [-0.39, 0.29) is 37.5 Å². The second-order valence-electron chi connectivity index (χ2n) is 9.67. The summed E-state index contributed by atoms with van der Waals surface area (Å²) >= 11 is 1.35. The third-order valence-corrected chi connectivity index (χ3v) is 7.87. The molecule has 0 bridgehead atoms. The Labute approximate surface area is 237 Å². The molecule has 1 aromatic heterocycles. The van der Waals surface area contributed by atoms with Crippen LogP contribution in [0.2, 0.25) is 0 Å². The van der Waals surface area contributed by atoms with Crippen molar-refractivity contribution in [1.29, 1.82) is 5.41 Å². The molecule has 2 saturated heterocycles. The van der Waals surface area contributed by atoms with Crippen LogP contribution in [-0.4, -0.2) is 66.6 Å². The summed E-state index contributed by atoms with van der Waals surface area (Å²) in [4.78, 5) is 41.2. The van der Waals surface area contributed by atoms with Gasteiger partial charge in [0.2, 0.25) is 11.8 Å². The van der Waals surface area contributed by atoms with Crippen molar-refractivity contribution in [2.45, 2.75) is 24.8 Å². The molecule has 0 radical (unpaired) electrons. The van der Waals surface area contributed by atoms with Crippen LogP contribution >= 0.6 is 11.3 Å². The van der Waals surface area contributed by atoms with Gasteiger partial charge in [0.25, 0.3) is 5.91 Å². The van der Waals surface area contributed by atoms with Crippen molar-refractivity contribution in [2.24, 2.45) is 5.73 Å². The fourth-order valence-electron chi connectivity index (χ4n) is 4.80. The predicted octanol–water partition coefficient (Wildman–Crippen LogP) is 2.37. The number of thiophene rings is 1. The van der Waals surface area contributed by atoms with E-state index in [1.54, 1.807) is 23.6 Å². The number of amides is 3. The van der Waals surface area contributed by atoms with Crippen LogP contribution in [0.3, 0.4) is 0 Å². The van der Waals surface area contributed by atoms with Crippen molar-refractivity contribution in [3.63, 3.8) is 0 Å². The number of hydrogen-bond acceptors (Lipinski definition) is 7. The fraction of sp³-hybridized carbons (Fsp3) is 0.286. The molecule has 2 aliphatic heterocycles. The first-order valence-electron chi connectivity index (χ1n) is 12.7. The predicted molar refractivity (Wildman–Crippen MR) is 146 cm³/mol. The second kappa shape index (κ2) is 11.7. The number of nitrogens with one attached hydrogen (secondary N) is 3. The number of nitrogen functional groups attached to an aromatic ring is 1. The third-order valence-electron chi connectivity index (χ3n) is 6.93. The lowest BCUT2D eigenvalue weighted by molar-refractivity contribution is -0.152. The van der Waals surface area contributed by atoms with E-state index in [0.29, 0.717) is 29.9 Å². The van der Waals surface area contributed by atoms with Gasteiger partial charge in [0.15, 0.2) is 17.4 Å². The van der Waals surface area contributed by atoms with Crippen molar-refractivity contribution in [2.75, 3.05) is 26.3 Å². The summed E-state index contributed by atoms with van der Waals surface area (Å²) in [5.41, 5.74) is 7.38. The largest absolute Gasteiger partial charge is 0.384 e. The number of carbonyl (C=O) groups excluding carboxylic acids is 3. The number of halogens is 2. The van der Waals surface area contributed by atoms with Crippen molar-refractivity contribution in [3.05, 3.63) is 81.5 Å². The zero-order valence-corrected chi connectivity index (χ0v) is 22.6. The fourth-order valence-corrected chi connectivity index (χ4v) is 5.62. The summed E-state index contributed by atoms with van der Waals surface area (Å²) in [6.45, 7) is 0.557. The Bertz CT molecular complexity index is 1490. The summed E-state index contributed by atoms with van der Waals surface area (Å²) in [5.74, 6) is -4.46. The molecule has 1 spiro atoms. The monoisotopic (exact) mass is 583 g/mol. The summed E-state index contributed by atoms with van der Waals surface area (Å²) in [7, 11) is 0. The van der Waals surface area contributed by atoms with Crippen molar-refractivity contribution < 1.29 is 32.6 Å². The van der Waals surface area contributed by atoms with Crippen molar-refractivity contribution >= 4 is 34.9 Å². The molecule has 2 aromatic carbocycles. The lowest BCUT2D eigenvalue weighted by atomic mass is 10.0. The molecule has 5 N–H and O–H groups in total. The quantitative estimate of drug-likeness (QED) is 0.237. The van der Waals surface area contributed by atoms with E-state index in [1.807, 2.05) is 0 Å². The number of hydrogen-bond donors (Lipinski definition) is 4. The number of nitrogens with two attached hydrogens (primary N) is 1. The van der Waals surface area contributed by atoms with Gasteiger partial charge >= 0.3 is 0 Å². The first kappa shape index (κ1) is 28.3. The smallest absolute Gasteiger partial charge is 0.251 e. The lowest BCUT2D eigenvalue weighted by Crippen LogP contribution is -2.49. The zero-order chi connectivity index (χ0) is 29.1. The molecule has 2 aliphatic rings. The van der Waals surface area contributed by atoms with Gasteiger partial charge in [0.1, 0.15) is 11.9 Å². The Kier molecular flexibility index (Phi) is 8.10. The van der Waals surface area contributed by atoms with E-state index in [4.69, 9.17) is 20.6 Å². The number of ether oxygens (including phenoxy) is 2.